The summed E-state index contributed by atoms with van der Waals surface area (Å²) in [4.78, 5) is 14.1. The van der Waals surface area contributed by atoms with Crippen LogP contribution in [0.2, 0.25) is 5.15 Å². The summed E-state index contributed by atoms with van der Waals surface area (Å²) in [6.45, 7) is 1.61. The Labute approximate surface area is 143 Å². The molecule has 0 bridgehead atoms. The van der Waals surface area contributed by atoms with E-state index < -0.39 is 0 Å². The molecule has 6 nitrogen and oxygen atoms in total. The lowest BCUT2D eigenvalue weighted by atomic mass is 10.0. The van der Waals surface area contributed by atoms with Crippen LogP contribution in [0.3, 0.4) is 0 Å². The van der Waals surface area contributed by atoms with E-state index in [-0.39, 0.29) is 6.04 Å². The van der Waals surface area contributed by atoms with Gasteiger partial charge in [0.25, 0.3) is 0 Å². The Morgan fingerprint density at radius 1 is 1.38 bits per heavy atom. The largest absolute Gasteiger partial charge is 0.354 e. The molecule has 3 aromatic rings. The first-order valence-corrected chi connectivity index (χ1v) is 8.08. The van der Waals surface area contributed by atoms with Gasteiger partial charge in [-0.05, 0) is 24.1 Å². The number of fused-ring (bicyclic) bond motifs is 1. The Kier molecular flexibility index (Phi) is 3.60. The van der Waals surface area contributed by atoms with E-state index in [0.29, 0.717) is 16.4 Å². The molecule has 1 aromatic carbocycles. The van der Waals surface area contributed by atoms with Crippen molar-refractivity contribution in [3.63, 3.8) is 0 Å². The zero-order chi connectivity index (χ0) is 16.7. The highest BCUT2D eigenvalue weighted by Gasteiger charge is 2.25. The number of nitriles is 1. The van der Waals surface area contributed by atoms with Crippen molar-refractivity contribution in [3.05, 3.63) is 41.3 Å². The maximum atomic E-state index is 9.16. The number of H-pyrrole nitrogens is 1. The lowest BCUT2D eigenvalue weighted by Gasteiger charge is -2.18. The maximum absolute atomic E-state index is 9.16. The average molecular weight is 339 g/mol. The van der Waals surface area contributed by atoms with Crippen LogP contribution in [0.1, 0.15) is 12.0 Å². The van der Waals surface area contributed by atoms with E-state index in [0.717, 1.165) is 41.8 Å². The normalized spacial score (nSPS) is 17.4. The Morgan fingerprint density at radius 3 is 3.00 bits per heavy atom. The summed E-state index contributed by atoms with van der Waals surface area (Å²) in [5.41, 5.74) is 8.99. The van der Waals surface area contributed by atoms with Crippen molar-refractivity contribution in [3.8, 4) is 17.2 Å². The fourth-order valence-electron chi connectivity index (χ4n) is 3.21. The highest BCUT2D eigenvalue weighted by Crippen LogP contribution is 2.39. The standard InChI is InChI=1S/C17H15ClN6/c18-15-13(11-3-1-2-10(6-11)7-19)14-16(23-15)21-9-22-17(14)24-5-4-12(20)8-24/h1-3,6,9,12H,4-5,8,20H2,(H,21,22,23)/t12-/m0/s1. The molecule has 0 unspecified atom stereocenters. The van der Waals surface area contributed by atoms with Gasteiger partial charge in [0.15, 0.2) is 0 Å². The predicted octanol–water partition coefficient (Wildman–Crippen LogP) is 2.69. The molecule has 1 aliphatic rings. The molecule has 1 aliphatic heterocycles. The van der Waals surface area contributed by atoms with E-state index in [4.69, 9.17) is 22.6 Å². The van der Waals surface area contributed by atoms with Gasteiger partial charge in [-0.3, -0.25) is 0 Å². The Balaban J connectivity index is 1.95. The number of nitrogens with one attached hydrogen (secondary N) is 1. The molecule has 24 heavy (non-hydrogen) atoms. The molecule has 120 valence electrons. The van der Waals surface area contributed by atoms with Crippen molar-refractivity contribution >= 4 is 28.5 Å². The zero-order valence-electron chi connectivity index (χ0n) is 12.8. The number of nitrogens with zero attached hydrogens (tertiary/aromatic N) is 4. The number of hydrogen-bond acceptors (Lipinski definition) is 5. The SMILES string of the molecule is N#Cc1cccc(-c2c(Cl)[nH]c3ncnc(N4CC[C@H](N)C4)c23)c1. The molecule has 2 aromatic heterocycles. The molecule has 3 heterocycles. The van der Waals surface area contributed by atoms with E-state index in [1.807, 2.05) is 18.2 Å². The van der Waals surface area contributed by atoms with Crippen molar-refractivity contribution in [2.45, 2.75) is 12.5 Å². The third kappa shape index (κ3) is 2.39. The molecule has 0 spiro atoms. The number of benzene rings is 1. The summed E-state index contributed by atoms with van der Waals surface area (Å²) in [6, 6.07) is 9.67. The second-order valence-electron chi connectivity index (χ2n) is 5.92. The molecular formula is C17H15ClN6. The first-order valence-electron chi connectivity index (χ1n) is 7.70. The highest BCUT2D eigenvalue weighted by atomic mass is 35.5. The first-order chi connectivity index (χ1) is 11.7. The number of anilines is 1. The fraction of sp³-hybridized carbons (Fsp3) is 0.235. The lowest BCUT2D eigenvalue weighted by Crippen LogP contribution is -2.27. The summed E-state index contributed by atoms with van der Waals surface area (Å²) in [5, 5.41) is 10.5. The van der Waals surface area contributed by atoms with E-state index in [2.05, 4.69) is 25.9 Å². The minimum absolute atomic E-state index is 0.148. The molecular weight excluding hydrogens is 324 g/mol. The second-order valence-corrected chi connectivity index (χ2v) is 6.30. The molecule has 1 fully saturated rings. The van der Waals surface area contributed by atoms with Crippen LogP contribution in [-0.4, -0.2) is 34.1 Å². The molecule has 7 heteroatoms. The van der Waals surface area contributed by atoms with Gasteiger partial charge in [-0.15, -0.1) is 0 Å². The number of aromatic amines is 1. The van der Waals surface area contributed by atoms with Crippen LogP contribution >= 0.6 is 11.6 Å². The third-order valence-corrected chi connectivity index (χ3v) is 4.61. The van der Waals surface area contributed by atoms with Crippen LogP contribution in [0.4, 0.5) is 5.82 Å². The van der Waals surface area contributed by atoms with E-state index in [1.54, 1.807) is 6.07 Å². The molecule has 1 saturated heterocycles. The maximum Gasteiger partial charge on any atom is 0.144 e. The van der Waals surface area contributed by atoms with Gasteiger partial charge >= 0.3 is 0 Å². The molecule has 0 radical (unpaired) electrons. The topological polar surface area (TPSA) is 94.6 Å². The van der Waals surface area contributed by atoms with Gasteiger partial charge in [-0.25, -0.2) is 9.97 Å². The van der Waals surface area contributed by atoms with Crippen LogP contribution in [0, 0.1) is 11.3 Å². The van der Waals surface area contributed by atoms with Crippen LogP contribution in [0.5, 0.6) is 0 Å². The van der Waals surface area contributed by atoms with E-state index in [1.165, 1.54) is 6.33 Å². The first kappa shape index (κ1) is 14.9. The van der Waals surface area contributed by atoms with Crippen molar-refractivity contribution < 1.29 is 0 Å². The second kappa shape index (κ2) is 5.78. The van der Waals surface area contributed by atoms with Gasteiger partial charge in [0.05, 0.1) is 17.0 Å². The van der Waals surface area contributed by atoms with Crippen molar-refractivity contribution in [1.82, 2.24) is 15.0 Å². The van der Waals surface area contributed by atoms with Gasteiger partial charge < -0.3 is 15.6 Å². The molecule has 1 atom stereocenters. The van der Waals surface area contributed by atoms with Crippen molar-refractivity contribution in [2.75, 3.05) is 18.0 Å². The van der Waals surface area contributed by atoms with Crippen molar-refractivity contribution in [2.24, 2.45) is 5.73 Å². The summed E-state index contributed by atoms with van der Waals surface area (Å²) in [5.74, 6) is 0.827. The smallest absolute Gasteiger partial charge is 0.144 e. The fourth-order valence-corrected chi connectivity index (χ4v) is 3.51. The highest BCUT2D eigenvalue weighted by molar-refractivity contribution is 6.35. The van der Waals surface area contributed by atoms with Gasteiger partial charge in [-0.1, -0.05) is 23.7 Å². The van der Waals surface area contributed by atoms with Gasteiger partial charge in [0.1, 0.15) is 22.9 Å². The number of hydrogen-bond donors (Lipinski definition) is 2. The monoisotopic (exact) mass is 338 g/mol. The predicted molar refractivity (Wildman–Crippen MR) is 93.9 cm³/mol. The van der Waals surface area contributed by atoms with Gasteiger partial charge in [-0.2, -0.15) is 5.26 Å². The number of nitrogens with two attached hydrogens (primary N) is 1. The van der Waals surface area contributed by atoms with Gasteiger partial charge in [0, 0.05) is 24.7 Å². The third-order valence-electron chi connectivity index (χ3n) is 4.33. The number of aromatic nitrogens is 3. The molecule has 0 aliphatic carbocycles. The van der Waals surface area contributed by atoms with E-state index in [9.17, 15) is 0 Å². The Hall–Kier alpha value is -2.62. The lowest BCUT2D eigenvalue weighted by molar-refractivity contribution is 0.751. The molecule has 3 N–H and O–H groups in total. The number of halogens is 1. The molecule has 4 rings (SSSR count). The minimum atomic E-state index is 0.148. The van der Waals surface area contributed by atoms with Crippen LogP contribution in [0.25, 0.3) is 22.2 Å². The quantitative estimate of drug-likeness (QED) is 0.749. The summed E-state index contributed by atoms with van der Waals surface area (Å²) < 4.78 is 0. The summed E-state index contributed by atoms with van der Waals surface area (Å²) >= 11 is 6.46. The van der Waals surface area contributed by atoms with Crippen LogP contribution < -0.4 is 10.6 Å². The zero-order valence-corrected chi connectivity index (χ0v) is 13.6. The average Bonchev–Trinajstić information content (AvgIpc) is 3.17. The van der Waals surface area contributed by atoms with Gasteiger partial charge in [0.2, 0.25) is 0 Å². The van der Waals surface area contributed by atoms with E-state index >= 15 is 0 Å². The van der Waals surface area contributed by atoms with Crippen LogP contribution in [-0.2, 0) is 0 Å². The summed E-state index contributed by atoms with van der Waals surface area (Å²) in [6.07, 6.45) is 2.47. The van der Waals surface area contributed by atoms with Crippen LogP contribution in [0.15, 0.2) is 30.6 Å². The molecule has 0 saturated carbocycles. The number of rotatable bonds is 2. The minimum Gasteiger partial charge on any atom is -0.354 e. The Morgan fingerprint density at radius 2 is 2.25 bits per heavy atom. The Bertz CT molecular complexity index is 957. The summed E-state index contributed by atoms with van der Waals surface area (Å²) in [7, 11) is 0. The molecule has 0 amide bonds. The van der Waals surface area contributed by atoms with Crippen molar-refractivity contribution in [1.29, 1.82) is 5.26 Å².